The van der Waals surface area contributed by atoms with Crippen LogP contribution in [0.5, 0.6) is 0 Å². The van der Waals surface area contributed by atoms with Gasteiger partial charge in [-0.15, -0.1) is 0 Å². The van der Waals surface area contributed by atoms with E-state index in [1.165, 1.54) is 28.9 Å². The van der Waals surface area contributed by atoms with Crippen LogP contribution in [-0.4, -0.2) is 75.8 Å². The fraction of sp³-hybridized carbons (Fsp3) is 0.538. The van der Waals surface area contributed by atoms with Gasteiger partial charge in [0.1, 0.15) is 5.82 Å². The highest BCUT2D eigenvalue weighted by Crippen LogP contribution is 2.35. The van der Waals surface area contributed by atoms with Crippen LogP contribution in [0.2, 0.25) is 0 Å². The molecule has 0 radical (unpaired) electrons. The summed E-state index contributed by atoms with van der Waals surface area (Å²) >= 11 is 0. The molecule has 1 saturated heterocycles. The van der Waals surface area contributed by atoms with Crippen molar-refractivity contribution in [1.82, 2.24) is 24.3 Å². The van der Waals surface area contributed by atoms with Gasteiger partial charge in [-0.3, -0.25) is 9.88 Å². The van der Waals surface area contributed by atoms with Gasteiger partial charge in [-0.25, -0.2) is 4.98 Å². The van der Waals surface area contributed by atoms with E-state index in [9.17, 15) is 5.11 Å². The van der Waals surface area contributed by atoms with Crippen LogP contribution in [0.25, 0.3) is 11.0 Å². The smallest absolute Gasteiger partial charge is 0.123 e. The van der Waals surface area contributed by atoms with Crippen LogP contribution in [-0.2, 0) is 20.0 Å². The number of nitrogens with zero attached hydrogens (tertiary/aromatic N) is 6. The molecule has 1 aliphatic heterocycles. The zero-order chi connectivity index (χ0) is 22.8. The summed E-state index contributed by atoms with van der Waals surface area (Å²) in [5, 5.41) is 9.57. The molecular weight excluding hydrogens is 412 g/mol. The first-order valence-corrected chi connectivity index (χ1v) is 12.3. The molecule has 33 heavy (non-hydrogen) atoms. The molecule has 3 aromatic rings. The van der Waals surface area contributed by atoms with Gasteiger partial charge < -0.3 is 19.5 Å². The van der Waals surface area contributed by atoms with Crippen molar-refractivity contribution in [3.05, 3.63) is 53.6 Å². The number of anilines is 1. The maximum Gasteiger partial charge on any atom is 0.123 e. The van der Waals surface area contributed by atoms with E-state index in [0.29, 0.717) is 0 Å². The van der Waals surface area contributed by atoms with Crippen molar-refractivity contribution < 1.29 is 5.11 Å². The number of fused-ring (bicyclic) bond motifs is 2. The van der Waals surface area contributed by atoms with Gasteiger partial charge in [-0.05, 0) is 56.5 Å². The van der Waals surface area contributed by atoms with Crippen molar-refractivity contribution in [2.24, 2.45) is 7.05 Å². The number of aliphatic hydroxyl groups is 1. The van der Waals surface area contributed by atoms with Crippen molar-refractivity contribution in [2.75, 3.05) is 51.3 Å². The Kier molecular flexibility index (Phi) is 6.62. The van der Waals surface area contributed by atoms with Crippen LogP contribution in [0.1, 0.15) is 42.4 Å². The Balaban J connectivity index is 1.46. The Morgan fingerprint density at radius 3 is 2.76 bits per heavy atom. The number of rotatable bonds is 7. The SMILES string of the molecule is CN1CCN(c2cccc3nc(CN(CCCO)[C@H]4CCCc5cccnc54)n(C)c23)CC1. The lowest BCUT2D eigenvalue weighted by Crippen LogP contribution is -2.44. The Bertz CT molecular complexity index is 1090. The first-order valence-electron chi connectivity index (χ1n) is 12.3. The van der Waals surface area contributed by atoms with Crippen LogP contribution < -0.4 is 4.90 Å². The molecule has 0 spiro atoms. The molecule has 0 unspecified atom stereocenters. The summed E-state index contributed by atoms with van der Waals surface area (Å²) in [5.41, 5.74) is 6.15. The second kappa shape index (κ2) is 9.79. The second-order valence-corrected chi connectivity index (χ2v) is 9.53. The fourth-order valence-corrected chi connectivity index (χ4v) is 5.48. The molecule has 2 aromatic heterocycles. The van der Waals surface area contributed by atoms with Gasteiger partial charge in [0.25, 0.3) is 0 Å². The molecule has 1 atom stereocenters. The molecule has 1 aliphatic carbocycles. The largest absolute Gasteiger partial charge is 0.396 e. The Labute approximate surface area is 196 Å². The number of benzene rings is 1. The molecule has 0 bridgehead atoms. The highest BCUT2D eigenvalue weighted by Gasteiger charge is 2.28. The summed E-state index contributed by atoms with van der Waals surface area (Å²) in [6.45, 7) is 6.06. The van der Waals surface area contributed by atoms with Gasteiger partial charge in [0, 0.05) is 52.6 Å². The monoisotopic (exact) mass is 448 g/mol. The van der Waals surface area contributed by atoms with E-state index in [4.69, 9.17) is 9.97 Å². The first kappa shape index (κ1) is 22.3. The van der Waals surface area contributed by atoms with Crippen molar-refractivity contribution >= 4 is 16.7 Å². The van der Waals surface area contributed by atoms with E-state index in [1.807, 2.05) is 12.3 Å². The number of para-hydroxylation sites is 1. The quantitative estimate of drug-likeness (QED) is 0.600. The van der Waals surface area contributed by atoms with Gasteiger partial charge in [-0.1, -0.05) is 12.1 Å². The summed E-state index contributed by atoms with van der Waals surface area (Å²) in [4.78, 5) is 17.2. The summed E-state index contributed by atoms with van der Waals surface area (Å²) in [6.07, 6.45) is 6.06. The number of aliphatic hydroxyl groups excluding tert-OH is 1. The van der Waals surface area contributed by atoms with E-state index in [2.05, 4.69) is 57.6 Å². The van der Waals surface area contributed by atoms with Crippen LogP contribution in [0.4, 0.5) is 5.69 Å². The predicted octanol–water partition coefficient (Wildman–Crippen LogP) is 2.98. The number of hydrogen-bond acceptors (Lipinski definition) is 6. The van der Waals surface area contributed by atoms with E-state index < -0.39 is 0 Å². The summed E-state index contributed by atoms with van der Waals surface area (Å²) in [7, 11) is 4.35. The number of aryl methyl sites for hydroxylation is 2. The topological polar surface area (TPSA) is 60.7 Å². The minimum Gasteiger partial charge on any atom is -0.396 e. The normalized spacial score (nSPS) is 19.4. The van der Waals surface area contributed by atoms with Crippen molar-refractivity contribution in [3.63, 3.8) is 0 Å². The first-order chi connectivity index (χ1) is 16.2. The van der Waals surface area contributed by atoms with Crippen LogP contribution in [0.3, 0.4) is 0 Å². The third kappa shape index (κ3) is 4.50. The molecular formula is C26H36N6O. The van der Waals surface area contributed by atoms with E-state index >= 15 is 0 Å². The van der Waals surface area contributed by atoms with Crippen molar-refractivity contribution in [2.45, 2.75) is 38.3 Å². The molecule has 7 heteroatoms. The van der Waals surface area contributed by atoms with Crippen molar-refractivity contribution in [1.29, 1.82) is 0 Å². The predicted molar refractivity (Wildman–Crippen MR) is 132 cm³/mol. The molecule has 176 valence electrons. The average molecular weight is 449 g/mol. The van der Waals surface area contributed by atoms with Crippen LogP contribution in [0.15, 0.2) is 36.5 Å². The lowest BCUT2D eigenvalue weighted by Gasteiger charge is -2.35. The van der Waals surface area contributed by atoms with Crippen LogP contribution in [0, 0.1) is 0 Å². The Morgan fingerprint density at radius 1 is 1.09 bits per heavy atom. The van der Waals surface area contributed by atoms with Gasteiger partial charge >= 0.3 is 0 Å². The third-order valence-corrected chi connectivity index (χ3v) is 7.36. The minimum atomic E-state index is 0.203. The lowest BCUT2D eigenvalue weighted by atomic mass is 9.90. The number of likely N-dealkylation sites (N-methyl/N-ethyl adjacent to an activating group) is 1. The zero-order valence-corrected chi connectivity index (χ0v) is 20.0. The molecule has 0 saturated carbocycles. The second-order valence-electron chi connectivity index (χ2n) is 9.53. The molecule has 1 aromatic carbocycles. The fourth-order valence-electron chi connectivity index (χ4n) is 5.48. The summed E-state index contributed by atoms with van der Waals surface area (Å²) < 4.78 is 2.29. The number of piperazine rings is 1. The third-order valence-electron chi connectivity index (χ3n) is 7.36. The lowest BCUT2D eigenvalue weighted by molar-refractivity contribution is 0.144. The Morgan fingerprint density at radius 2 is 1.94 bits per heavy atom. The van der Waals surface area contributed by atoms with Gasteiger partial charge in [0.05, 0.1) is 35.0 Å². The molecule has 1 N–H and O–H groups in total. The average Bonchev–Trinajstić information content (AvgIpc) is 3.17. The molecule has 1 fully saturated rings. The van der Waals surface area contributed by atoms with E-state index in [0.717, 1.165) is 69.9 Å². The van der Waals surface area contributed by atoms with Crippen LogP contribution >= 0.6 is 0 Å². The standard InChI is InChI=1S/C26H36N6O/c1-29-14-16-31(17-15-29)23-11-4-9-21-26(23)30(2)24(28-21)19-32(13-6-18-33)22-10-3-7-20-8-5-12-27-25(20)22/h4-5,8-9,11-12,22,33H,3,6-7,10,13-19H2,1-2H3/t22-/m0/s1. The van der Waals surface area contributed by atoms with Crippen molar-refractivity contribution in [3.8, 4) is 0 Å². The van der Waals surface area contributed by atoms with Gasteiger partial charge in [-0.2, -0.15) is 0 Å². The van der Waals surface area contributed by atoms with E-state index in [1.54, 1.807) is 0 Å². The molecule has 0 amide bonds. The molecule has 2 aliphatic rings. The highest BCUT2D eigenvalue weighted by molar-refractivity contribution is 5.89. The minimum absolute atomic E-state index is 0.203. The molecule has 3 heterocycles. The maximum atomic E-state index is 9.57. The van der Waals surface area contributed by atoms with Gasteiger partial charge in [0.15, 0.2) is 0 Å². The zero-order valence-electron chi connectivity index (χ0n) is 20.0. The number of pyridine rings is 1. The summed E-state index contributed by atoms with van der Waals surface area (Å²) in [6, 6.07) is 11.1. The molecule has 7 nitrogen and oxygen atoms in total. The Hall–Kier alpha value is -2.48. The molecule has 5 rings (SSSR count). The van der Waals surface area contributed by atoms with E-state index in [-0.39, 0.29) is 12.6 Å². The number of imidazole rings is 1. The number of aromatic nitrogens is 3. The highest BCUT2D eigenvalue weighted by atomic mass is 16.3. The maximum absolute atomic E-state index is 9.57. The van der Waals surface area contributed by atoms with Gasteiger partial charge in [0.2, 0.25) is 0 Å². The number of hydrogen-bond donors (Lipinski definition) is 1. The summed E-state index contributed by atoms with van der Waals surface area (Å²) in [5.74, 6) is 1.08.